The lowest BCUT2D eigenvalue weighted by Crippen LogP contribution is -2.24. The Kier molecular flexibility index (Phi) is 4.74. The van der Waals surface area contributed by atoms with Crippen LogP contribution in [0.15, 0.2) is 42.6 Å². The first-order valence-electron chi connectivity index (χ1n) is 8.54. The SMILES string of the molecule is Cc1ccc(-c2nc3ccc(N)cn3c2CNC(=O)CC(C)C)cc1. The second kappa shape index (κ2) is 6.97. The highest BCUT2D eigenvalue weighted by Gasteiger charge is 2.15. The number of benzene rings is 1. The first kappa shape index (κ1) is 17.0. The van der Waals surface area contributed by atoms with Gasteiger partial charge in [-0.2, -0.15) is 0 Å². The van der Waals surface area contributed by atoms with Gasteiger partial charge < -0.3 is 11.1 Å². The second-order valence-corrected chi connectivity index (χ2v) is 6.84. The lowest BCUT2D eigenvalue weighted by molar-refractivity contribution is -0.121. The number of nitrogens with zero attached hydrogens (tertiary/aromatic N) is 2. The summed E-state index contributed by atoms with van der Waals surface area (Å²) in [7, 11) is 0. The molecule has 25 heavy (non-hydrogen) atoms. The van der Waals surface area contributed by atoms with Crippen molar-refractivity contribution in [3.05, 3.63) is 53.9 Å². The summed E-state index contributed by atoms with van der Waals surface area (Å²) in [5.41, 5.74) is 11.5. The molecule has 0 atom stereocenters. The Morgan fingerprint density at radius 2 is 1.92 bits per heavy atom. The number of aryl methyl sites for hydroxylation is 1. The van der Waals surface area contributed by atoms with Crippen LogP contribution in [0.3, 0.4) is 0 Å². The van der Waals surface area contributed by atoms with E-state index in [0.29, 0.717) is 24.6 Å². The number of anilines is 1. The number of rotatable bonds is 5. The molecule has 2 heterocycles. The Bertz CT molecular complexity index is 894. The van der Waals surface area contributed by atoms with Gasteiger partial charge in [0.15, 0.2) is 0 Å². The molecular weight excluding hydrogens is 312 g/mol. The van der Waals surface area contributed by atoms with Crippen LogP contribution in [0, 0.1) is 12.8 Å². The molecule has 0 saturated carbocycles. The van der Waals surface area contributed by atoms with Crippen molar-refractivity contribution in [2.24, 2.45) is 5.92 Å². The maximum absolute atomic E-state index is 12.1. The molecule has 1 amide bonds. The average Bonchev–Trinajstić information content (AvgIpc) is 2.90. The highest BCUT2D eigenvalue weighted by Crippen LogP contribution is 2.25. The highest BCUT2D eigenvalue weighted by atomic mass is 16.1. The minimum Gasteiger partial charge on any atom is -0.398 e. The van der Waals surface area contributed by atoms with Gasteiger partial charge in [0.1, 0.15) is 5.65 Å². The third-order valence-electron chi connectivity index (χ3n) is 4.11. The molecule has 3 rings (SSSR count). The number of hydrogen-bond acceptors (Lipinski definition) is 3. The van der Waals surface area contributed by atoms with Crippen LogP contribution in [-0.4, -0.2) is 15.3 Å². The molecule has 3 aromatic rings. The fourth-order valence-corrected chi connectivity index (χ4v) is 2.85. The van der Waals surface area contributed by atoms with E-state index in [-0.39, 0.29) is 5.91 Å². The van der Waals surface area contributed by atoms with E-state index >= 15 is 0 Å². The molecule has 0 saturated heterocycles. The van der Waals surface area contributed by atoms with Gasteiger partial charge in [0.2, 0.25) is 5.91 Å². The molecule has 0 aliphatic carbocycles. The number of hydrogen-bond donors (Lipinski definition) is 2. The van der Waals surface area contributed by atoms with Crippen LogP contribution in [0.5, 0.6) is 0 Å². The van der Waals surface area contributed by atoms with E-state index in [1.54, 1.807) is 0 Å². The van der Waals surface area contributed by atoms with Gasteiger partial charge in [-0.1, -0.05) is 43.7 Å². The zero-order valence-corrected chi connectivity index (χ0v) is 14.9. The van der Waals surface area contributed by atoms with Gasteiger partial charge in [-0.15, -0.1) is 0 Å². The van der Waals surface area contributed by atoms with Crippen molar-refractivity contribution in [2.75, 3.05) is 5.73 Å². The number of carbonyl (C=O) groups excluding carboxylic acids is 1. The van der Waals surface area contributed by atoms with Gasteiger partial charge in [0, 0.05) is 23.9 Å². The van der Waals surface area contributed by atoms with E-state index in [9.17, 15) is 4.79 Å². The molecular formula is C20H24N4O. The van der Waals surface area contributed by atoms with E-state index in [4.69, 9.17) is 10.7 Å². The van der Waals surface area contributed by atoms with Crippen molar-refractivity contribution in [1.82, 2.24) is 14.7 Å². The Morgan fingerprint density at radius 3 is 2.60 bits per heavy atom. The van der Waals surface area contributed by atoms with Gasteiger partial charge in [-0.05, 0) is 25.0 Å². The first-order valence-corrected chi connectivity index (χ1v) is 8.54. The van der Waals surface area contributed by atoms with Crippen molar-refractivity contribution in [3.63, 3.8) is 0 Å². The van der Waals surface area contributed by atoms with Crippen molar-refractivity contribution in [3.8, 4) is 11.3 Å². The molecule has 1 aromatic carbocycles. The quantitative estimate of drug-likeness (QED) is 0.748. The number of nitrogens with one attached hydrogen (secondary N) is 1. The maximum Gasteiger partial charge on any atom is 0.220 e. The summed E-state index contributed by atoms with van der Waals surface area (Å²) in [4.78, 5) is 16.8. The van der Waals surface area contributed by atoms with Crippen LogP contribution in [0.2, 0.25) is 0 Å². The van der Waals surface area contributed by atoms with Crippen LogP contribution in [0.25, 0.3) is 16.9 Å². The molecule has 5 nitrogen and oxygen atoms in total. The third kappa shape index (κ3) is 3.82. The predicted molar refractivity (Wildman–Crippen MR) is 101 cm³/mol. The summed E-state index contributed by atoms with van der Waals surface area (Å²) < 4.78 is 1.96. The number of imidazole rings is 1. The third-order valence-corrected chi connectivity index (χ3v) is 4.11. The standard InChI is InChI=1S/C20H24N4O/c1-13(2)10-19(25)22-11-17-20(15-6-4-14(3)5-7-15)23-18-9-8-16(21)12-24(17)18/h4-9,12-13H,10-11,21H2,1-3H3,(H,22,25). The summed E-state index contributed by atoms with van der Waals surface area (Å²) in [6.07, 6.45) is 2.36. The Balaban J connectivity index is 2.00. The minimum absolute atomic E-state index is 0.0451. The maximum atomic E-state index is 12.1. The van der Waals surface area contributed by atoms with Gasteiger partial charge in [0.05, 0.1) is 17.9 Å². The highest BCUT2D eigenvalue weighted by molar-refractivity contribution is 5.76. The van der Waals surface area contributed by atoms with Crippen LogP contribution >= 0.6 is 0 Å². The molecule has 2 aromatic heterocycles. The smallest absolute Gasteiger partial charge is 0.220 e. The van der Waals surface area contributed by atoms with Gasteiger partial charge in [0.25, 0.3) is 0 Å². The van der Waals surface area contributed by atoms with Gasteiger partial charge in [-0.25, -0.2) is 4.98 Å². The first-order chi connectivity index (χ1) is 11.9. The fourth-order valence-electron chi connectivity index (χ4n) is 2.85. The number of pyridine rings is 1. The van der Waals surface area contributed by atoms with Crippen LogP contribution < -0.4 is 11.1 Å². The summed E-state index contributed by atoms with van der Waals surface area (Å²) in [6, 6.07) is 12.0. The molecule has 3 N–H and O–H groups in total. The fraction of sp³-hybridized carbons (Fsp3) is 0.300. The summed E-state index contributed by atoms with van der Waals surface area (Å²) >= 11 is 0. The zero-order valence-electron chi connectivity index (χ0n) is 14.9. The zero-order chi connectivity index (χ0) is 18.0. The predicted octanol–water partition coefficient (Wildman–Crippen LogP) is 3.55. The van der Waals surface area contributed by atoms with Crippen LogP contribution in [-0.2, 0) is 11.3 Å². The molecule has 5 heteroatoms. The van der Waals surface area contributed by atoms with E-state index in [2.05, 4.69) is 36.5 Å². The lowest BCUT2D eigenvalue weighted by atomic mass is 10.1. The molecule has 0 fully saturated rings. The van der Waals surface area contributed by atoms with Gasteiger partial charge >= 0.3 is 0 Å². The monoisotopic (exact) mass is 336 g/mol. The molecule has 0 spiro atoms. The molecule has 130 valence electrons. The topological polar surface area (TPSA) is 72.4 Å². The Labute approximate surface area is 147 Å². The normalized spacial score (nSPS) is 11.2. The van der Waals surface area contributed by atoms with E-state index in [1.165, 1.54) is 5.56 Å². The number of nitrogens with two attached hydrogens (primary N) is 1. The summed E-state index contributed by atoms with van der Waals surface area (Å²) in [5.74, 6) is 0.373. The number of nitrogen functional groups attached to an aromatic ring is 1. The molecule has 0 unspecified atom stereocenters. The number of amides is 1. The van der Waals surface area contributed by atoms with E-state index in [1.807, 2.05) is 36.6 Å². The number of aromatic nitrogens is 2. The van der Waals surface area contributed by atoms with Crippen molar-refractivity contribution in [1.29, 1.82) is 0 Å². The van der Waals surface area contributed by atoms with E-state index in [0.717, 1.165) is 22.6 Å². The summed E-state index contributed by atoms with van der Waals surface area (Å²) in [5, 5.41) is 3.01. The van der Waals surface area contributed by atoms with Crippen LogP contribution in [0.1, 0.15) is 31.5 Å². The van der Waals surface area contributed by atoms with Crippen molar-refractivity contribution >= 4 is 17.2 Å². The van der Waals surface area contributed by atoms with Gasteiger partial charge in [-0.3, -0.25) is 9.20 Å². The van der Waals surface area contributed by atoms with Crippen molar-refractivity contribution in [2.45, 2.75) is 33.7 Å². The summed E-state index contributed by atoms with van der Waals surface area (Å²) in [6.45, 7) is 6.54. The molecule has 0 bridgehead atoms. The molecule has 0 aliphatic heterocycles. The largest absolute Gasteiger partial charge is 0.398 e. The Morgan fingerprint density at radius 1 is 1.20 bits per heavy atom. The Hall–Kier alpha value is -2.82. The number of fused-ring (bicyclic) bond motifs is 1. The van der Waals surface area contributed by atoms with E-state index < -0.39 is 0 Å². The lowest BCUT2D eigenvalue weighted by Gasteiger charge is -2.09. The average molecular weight is 336 g/mol. The number of carbonyl (C=O) groups is 1. The minimum atomic E-state index is 0.0451. The van der Waals surface area contributed by atoms with Crippen LogP contribution in [0.4, 0.5) is 5.69 Å². The molecule has 0 radical (unpaired) electrons. The second-order valence-electron chi connectivity index (χ2n) is 6.84. The molecule has 0 aliphatic rings. The van der Waals surface area contributed by atoms with Crippen molar-refractivity contribution < 1.29 is 4.79 Å².